The van der Waals surface area contributed by atoms with Gasteiger partial charge in [-0.15, -0.1) is 10.2 Å². The van der Waals surface area contributed by atoms with Gasteiger partial charge in [0, 0.05) is 6.04 Å². The molecule has 17 heavy (non-hydrogen) atoms. The van der Waals surface area contributed by atoms with Crippen LogP contribution < -0.4 is 5.32 Å². The van der Waals surface area contributed by atoms with E-state index in [-0.39, 0.29) is 6.04 Å². The average Bonchev–Trinajstić information content (AvgIpc) is 2.73. The Balaban J connectivity index is 1.87. The second-order valence-corrected chi connectivity index (χ2v) is 5.95. The minimum Gasteiger partial charge on any atom is -0.305 e. The summed E-state index contributed by atoms with van der Waals surface area (Å²) in [7, 11) is 0. The maximum atomic E-state index is 4.02. The SMILES string of the molecule is CC(NC1CCCC(C)(C)CC1)c1nn[nH]n1. The molecule has 2 unspecified atom stereocenters. The fourth-order valence-electron chi connectivity index (χ4n) is 2.61. The van der Waals surface area contributed by atoms with Gasteiger partial charge in [-0.1, -0.05) is 25.5 Å². The van der Waals surface area contributed by atoms with Crippen LogP contribution >= 0.6 is 0 Å². The van der Waals surface area contributed by atoms with Crippen molar-refractivity contribution in [2.75, 3.05) is 0 Å². The minimum absolute atomic E-state index is 0.181. The van der Waals surface area contributed by atoms with E-state index in [1.807, 2.05) is 0 Å². The number of rotatable bonds is 3. The number of nitrogens with zero attached hydrogens (tertiary/aromatic N) is 3. The first kappa shape index (κ1) is 12.5. The van der Waals surface area contributed by atoms with E-state index in [1.165, 1.54) is 32.1 Å². The monoisotopic (exact) mass is 237 g/mol. The van der Waals surface area contributed by atoms with E-state index in [4.69, 9.17) is 0 Å². The number of hydrogen-bond donors (Lipinski definition) is 2. The van der Waals surface area contributed by atoms with E-state index < -0.39 is 0 Å². The molecule has 0 radical (unpaired) electrons. The van der Waals surface area contributed by atoms with E-state index in [1.54, 1.807) is 0 Å². The largest absolute Gasteiger partial charge is 0.305 e. The zero-order chi connectivity index (χ0) is 12.3. The van der Waals surface area contributed by atoms with Crippen LogP contribution in [0.1, 0.15) is 64.7 Å². The van der Waals surface area contributed by atoms with Crippen LogP contribution in [-0.2, 0) is 0 Å². The molecule has 2 N–H and O–H groups in total. The van der Waals surface area contributed by atoms with Gasteiger partial charge >= 0.3 is 0 Å². The van der Waals surface area contributed by atoms with Crippen LogP contribution in [0.3, 0.4) is 0 Å². The lowest BCUT2D eigenvalue weighted by Gasteiger charge is -2.23. The van der Waals surface area contributed by atoms with Crippen molar-refractivity contribution in [3.63, 3.8) is 0 Å². The number of aromatic amines is 1. The maximum absolute atomic E-state index is 4.02. The molecule has 5 heteroatoms. The Hall–Kier alpha value is -0.970. The van der Waals surface area contributed by atoms with Crippen LogP contribution in [0.2, 0.25) is 0 Å². The van der Waals surface area contributed by atoms with Crippen molar-refractivity contribution in [1.82, 2.24) is 25.9 Å². The molecule has 2 rings (SSSR count). The molecule has 0 aliphatic heterocycles. The van der Waals surface area contributed by atoms with Crippen molar-refractivity contribution in [2.45, 2.75) is 65.0 Å². The average molecular weight is 237 g/mol. The molecule has 1 aromatic rings. The molecular formula is C12H23N5. The van der Waals surface area contributed by atoms with Gasteiger partial charge in [-0.25, -0.2) is 0 Å². The van der Waals surface area contributed by atoms with E-state index in [0.717, 1.165) is 5.82 Å². The third kappa shape index (κ3) is 3.49. The zero-order valence-electron chi connectivity index (χ0n) is 11.0. The smallest absolute Gasteiger partial charge is 0.191 e. The topological polar surface area (TPSA) is 66.5 Å². The van der Waals surface area contributed by atoms with E-state index in [0.29, 0.717) is 11.5 Å². The minimum atomic E-state index is 0.181. The molecule has 0 bridgehead atoms. The fourth-order valence-corrected chi connectivity index (χ4v) is 2.61. The van der Waals surface area contributed by atoms with Gasteiger partial charge in [0.2, 0.25) is 0 Å². The van der Waals surface area contributed by atoms with Gasteiger partial charge in [0.05, 0.1) is 6.04 Å². The Morgan fingerprint density at radius 1 is 1.35 bits per heavy atom. The summed E-state index contributed by atoms with van der Waals surface area (Å²) in [6, 6.07) is 0.769. The molecule has 0 saturated heterocycles. The molecule has 1 aliphatic carbocycles. The molecular weight excluding hydrogens is 214 g/mol. The summed E-state index contributed by atoms with van der Waals surface area (Å²) in [5.74, 6) is 0.758. The molecule has 1 fully saturated rings. The zero-order valence-corrected chi connectivity index (χ0v) is 11.0. The summed E-state index contributed by atoms with van der Waals surface area (Å²) in [5, 5.41) is 17.8. The quantitative estimate of drug-likeness (QED) is 0.791. The molecule has 0 aromatic carbocycles. The molecule has 1 heterocycles. The van der Waals surface area contributed by atoms with Gasteiger partial charge < -0.3 is 5.32 Å². The van der Waals surface area contributed by atoms with Crippen LogP contribution in [0.25, 0.3) is 0 Å². The first-order valence-corrected chi connectivity index (χ1v) is 6.56. The first-order chi connectivity index (χ1) is 8.07. The van der Waals surface area contributed by atoms with Crippen molar-refractivity contribution in [3.05, 3.63) is 5.82 Å². The second-order valence-electron chi connectivity index (χ2n) is 5.95. The standard InChI is InChI=1S/C12H23N5/c1-9(11-14-16-17-15-11)13-10-5-4-7-12(2,3)8-6-10/h9-10,13H,4-8H2,1-3H3,(H,14,15,16,17). The maximum Gasteiger partial charge on any atom is 0.191 e. The lowest BCUT2D eigenvalue weighted by molar-refractivity contribution is 0.307. The van der Waals surface area contributed by atoms with Gasteiger partial charge in [-0.2, -0.15) is 5.21 Å². The molecule has 1 aliphatic rings. The Morgan fingerprint density at radius 3 is 2.88 bits per heavy atom. The Bertz CT molecular complexity index is 333. The second kappa shape index (κ2) is 5.12. The highest BCUT2D eigenvalue weighted by Crippen LogP contribution is 2.34. The number of nitrogens with one attached hydrogen (secondary N) is 2. The van der Waals surface area contributed by atoms with E-state index in [2.05, 4.69) is 46.7 Å². The van der Waals surface area contributed by atoms with Crippen molar-refractivity contribution >= 4 is 0 Å². The van der Waals surface area contributed by atoms with Gasteiger partial charge in [0.1, 0.15) is 0 Å². The van der Waals surface area contributed by atoms with Crippen molar-refractivity contribution < 1.29 is 0 Å². The summed E-state index contributed by atoms with van der Waals surface area (Å²) in [6.45, 7) is 6.84. The van der Waals surface area contributed by atoms with Crippen LogP contribution in [0, 0.1) is 5.41 Å². The number of H-pyrrole nitrogens is 1. The third-order valence-corrected chi connectivity index (χ3v) is 3.81. The molecule has 0 spiro atoms. The highest BCUT2D eigenvalue weighted by molar-refractivity contribution is 4.89. The lowest BCUT2D eigenvalue weighted by atomic mass is 9.85. The number of tetrazole rings is 1. The Labute approximate surface area is 103 Å². The normalized spacial score (nSPS) is 26.4. The van der Waals surface area contributed by atoms with E-state index in [9.17, 15) is 0 Å². The Kier molecular flexibility index (Phi) is 3.76. The van der Waals surface area contributed by atoms with Crippen LogP contribution in [0.15, 0.2) is 0 Å². The van der Waals surface area contributed by atoms with Gasteiger partial charge in [-0.3, -0.25) is 0 Å². The summed E-state index contributed by atoms with van der Waals surface area (Å²) in [5.41, 5.74) is 0.506. The van der Waals surface area contributed by atoms with Crippen molar-refractivity contribution in [2.24, 2.45) is 5.41 Å². The fraction of sp³-hybridized carbons (Fsp3) is 0.917. The highest BCUT2D eigenvalue weighted by Gasteiger charge is 2.25. The first-order valence-electron chi connectivity index (χ1n) is 6.56. The van der Waals surface area contributed by atoms with Crippen molar-refractivity contribution in [1.29, 1.82) is 0 Å². The third-order valence-electron chi connectivity index (χ3n) is 3.81. The summed E-state index contributed by atoms with van der Waals surface area (Å²) in [4.78, 5) is 0. The Morgan fingerprint density at radius 2 is 2.18 bits per heavy atom. The molecule has 5 nitrogen and oxygen atoms in total. The van der Waals surface area contributed by atoms with Crippen LogP contribution in [0.4, 0.5) is 0 Å². The van der Waals surface area contributed by atoms with E-state index >= 15 is 0 Å². The molecule has 2 atom stereocenters. The molecule has 1 saturated carbocycles. The van der Waals surface area contributed by atoms with Crippen LogP contribution in [-0.4, -0.2) is 26.7 Å². The van der Waals surface area contributed by atoms with Gasteiger partial charge in [-0.05, 0) is 38.0 Å². The summed E-state index contributed by atoms with van der Waals surface area (Å²) < 4.78 is 0. The molecule has 0 amide bonds. The van der Waals surface area contributed by atoms with Crippen LogP contribution in [0.5, 0.6) is 0 Å². The number of hydrogen-bond acceptors (Lipinski definition) is 4. The highest BCUT2D eigenvalue weighted by atomic mass is 15.5. The molecule has 96 valence electrons. The van der Waals surface area contributed by atoms with Gasteiger partial charge in [0.15, 0.2) is 5.82 Å². The summed E-state index contributed by atoms with van der Waals surface area (Å²) in [6.07, 6.45) is 6.44. The van der Waals surface area contributed by atoms with Crippen molar-refractivity contribution in [3.8, 4) is 0 Å². The number of aromatic nitrogens is 4. The predicted molar refractivity (Wildman–Crippen MR) is 66.4 cm³/mol. The van der Waals surface area contributed by atoms with Gasteiger partial charge in [0.25, 0.3) is 0 Å². The molecule has 1 aromatic heterocycles. The lowest BCUT2D eigenvalue weighted by Crippen LogP contribution is -2.31. The predicted octanol–water partition coefficient (Wildman–Crippen LogP) is 2.21. The summed E-state index contributed by atoms with van der Waals surface area (Å²) >= 11 is 0.